The average molecular weight is 563 g/mol. The van der Waals surface area contributed by atoms with Crippen LogP contribution in [0.2, 0.25) is 0 Å². The molecule has 9 nitrogen and oxygen atoms in total. The molecule has 208 valence electrons. The van der Waals surface area contributed by atoms with Crippen molar-refractivity contribution in [3.63, 3.8) is 0 Å². The number of ketones is 1. The van der Waals surface area contributed by atoms with Gasteiger partial charge in [0.15, 0.2) is 39.5 Å². The summed E-state index contributed by atoms with van der Waals surface area (Å²) in [6.07, 6.45) is 4.60. The van der Waals surface area contributed by atoms with Gasteiger partial charge in [0.05, 0.1) is 31.9 Å². The molecule has 3 heterocycles. The molecule has 10 heteroatoms. The zero-order valence-corrected chi connectivity index (χ0v) is 23.3. The highest BCUT2D eigenvalue weighted by molar-refractivity contribution is 7.13. The molecule has 2 aromatic carbocycles. The molecule has 1 aliphatic heterocycles. The van der Waals surface area contributed by atoms with Gasteiger partial charge in [-0.15, -0.1) is 11.3 Å². The summed E-state index contributed by atoms with van der Waals surface area (Å²) in [6.45, 7) is 4.93. The number of rotatable bonds is 12. The number of para-hydroxylation sites is 1. The topological polar surface area (TPSA) is 111 Å². The number of nitrogens with zero attached hydrogens (tertiary/aromatic N) is 2. The Balaban J connectivity index is 1.59. The number of fused-ring (bicyclic) bond motifs is 1. The van der Waals surface area contributed by atoms with Crippen LogP contribution >= 0.6 is 11.3 Å². The molecule has 2 aromatic heterocycles. The average Bonchev–Trinajstić information content (AvgIpc) is 3.70. The Labute approximate surface area is 235 Å². The van der Waals surface area contributed by atoms with Gasteiger partial charge in [-0.2, -0.15) is 0 Å². The van der Waals surface area contributed by atoms with Crippen molar-refractivity contribution in [3.05, 3.63) is 76.7 Å². The van der Waals surface area contributed by atoms with Crippen molar-refractivity contribution >= 4 is 39.1 Å². The molecule has 0 spiro atoms. The van der Waals surface area contributed by atoms with Crippen LogP contribution in [-0.4, -0.2) is 42.1 Å². The van der Waals surface area contributed by atoms with Crippen molar-refractivity contribution in [2.45, 2.75) is 39.2 Å². The summed E-state index contributed by atoms with van der Waals surface area (Å²) >= 11 is 1.22. The maximum absolute atomic E-state index is 13.9. The van der Waals surface area contributed by atoms with Crippen LogP contribution < -0.4 is 19.1 Å². The molecule has 1 unspecified atom stereocenters. The largest absolute Gasteiger partial charge is 0.503 e. The van der Waals surface area contributed by atoms with E-state index in [1.807, 2.05) is 6.92 Å². The molecule has 1 amide bonds. The lowest BCUT2D eigenvalue weighted by Gasteiger charge is -2.25. The second-order valence-corrected chi connectivity index (χ2v) is 10.0. The van der Waals surface area contributed by atoms with Gasteiger partial charge in [-0.1, -0.05) is 38.0 Å². The number of aliphatic hydroxyl groups excluding tert-OH is 1. The summed E-state index contributed by atoms with van der Waals surface area (Å²) in [5, 5.41) is 13.8. The number of carbonyl (C=O) groups is 2. The summed E-state index contributed by atoms with van der Waals surface area (Å²) in [5.74, 6) is -0.516. The SMILES string of the molecule is CCCCCOc1ccc(C2C(C(=O)c3cc4cccc(OC)c4o3)=C(O)C(=O)N2c2nccs2)cc1OCC. The lowest BCUT2D eigenvalue weighted by atomic mass is 9.95. The summed E-state index contributed by atoms with van der Waals surface area (Å²) in [4.78, 5) is 33.0. The van der Waals surface area contributed by atoms with E-state index in [2.05, 4.69) is 11.9 Å². The number of amides is 1. The number of thiazole rings is 1. The van der Waals surface area contributed by atoms with Crippen molar-refractivity contribution in [1.29, 1.82) is 0 Å². The van der Waals surface area contributed by atoms with E-state index in [1.54, 1.807) is 54.0 Å². The van der Waals surface area contributed by atoms with E-state index >= 15 is 0 Å². The van der Waals surface area contributed by atoms with Crippen LogP contribution in [0, 0.1) is 0 Å². The van der Waals surface area contributed by atoms with Crippen LogP contribution in [0.5, 0.6) is 17.2 Å². The standard InChI is InChI=1S/C30H30N2O7S/c1-4-6-7-14-38-20-12-11-18(16-22(20)37-5-2)25-24(27(34)29(35)32(25)30-31-13-15-40-30)26(33)23-17-19-9-8-10-21(36-3)28(19)39-23/h8-13,15-17,25,34H,4-7,14H2,1-3H3. The number of furan rings is 1. The maximum Gasteiger partial charge on any atom is 0.296 e. The third kappa shape index (κ3) is 5.02. The van der Waals surface area contributed by atoms with Crippen LogP contribution in [0.25, 0.3) is 11.0 Å². The Kier molecular flexibility index (Phi) is 8.06. The molecule has 0 aliphatic carbocycles. The molecule has 1 atom stereocenters. The number of methoxy groups -OCH3 is 1. The second kappa shape index (κ2) is 11.8. The highest BCUT2D eigenvalue weighted by Gasteiger charge is 2.46. The van der Waals surface area contributed by atoms with Crippen LogP contribution in [0.15, 0.2) is 69.8 Å². The third-order valence-corrected chi connectivity index (χ3v) is 7.39. The first-order valence-electron chi connectivity index (χ1n) is 13.1. The lowest BCUT2D eigenvalue weighted by molar-refractivity contribution is -0.117. The predicted molar refractivity (Wildman–Crippen MR) is 152 cm³/mol. The molecule has 0 radical (unpaired) electrons. The fourth-order valence-corrected chi connectivity index (χ4v) is 5.41. The van der Waals surface area contributed by atoms with Gasteiger partial charge in [-0.05, 0) is 43.2 Å². The van der Waals surface area contributed by atoms with Gasteiger partial charge in [0.1, 0.15) is 0 Å². The van der Waals surface area contributed by atoms with Crippen molar-refractivity contribution in [3.8, 4) is 17.2 Å². The Bertz CT molecular complexity index is 1560. The van der Waals surface area contributed by atoms with Crippen LogP contribution in [-0.2, 0) is 4.79 Å². The minimum absolute atomic E-state index is 0.0271. The van der Waals surface area contributed by atoms with Crippen molar-refractivity contribution < 1.29 is 33.3 Å². The van der Waals surface area contributed by atoms with E-state index in [0.29, 0.717) is 52.1 Å². The van der Waals surface area contributed by atoms with E-state index in [9.17, 15) is 14.7 Å². The summed E-state index contributed by atoms with van der Waals surface area (Å²) in [7, 11) is 1.51. The summed E-state index contributed by atoms with van der Waals surface area (Å²) in [5.41, 5.74) is 0.834. The number of anilines is 1. The quantitative estimate of drug-likeness (QED) is 0.151. The number of hydrogen-bond donors (Lipinski definition) is 1. The Hall–Kier alpha value is -4.31. The molecule has 40 heavy (non-hydrogen) atoms. The third-order valence-electron chi connectivity index (χ3n) is 6.62. The number of aromatic nitrogens is 1. The van der Waals surface area contributed by atoms with E-state index in [0.717, 1.165) is 19.3 Å². The minimum Gasteiger partial charge on any atom is -0.503 e. The molecule has 0 bridgehead atoms. The molecule has 0 saturated carbocycles. The number of ether oxygens (including phenoxy) is 3. The van der Waals surface area contributed by atoms with E-state index in [4.69, 9.17) is 18.6 Å². The van der Waals surface area contributed by atoms with Crippen molar-refractivity contribution in [2.75, 3.05) is 25.2 Å². The monoisotopic (exact) mass is 562 g/mol. The number of Topliss-reactive ketones (excluding diaryl/α,β-unsaturated/α-hetero) is 1. The summed E-state index contributed by atoms with van der Waals surface area (Å²) in [6, 6.07) is 11.2. The fourth-order valence-electron chi connectivity index (χ4n) is 4.74. The van der Waals surface area contributed by atoms with Crippen molar-refractivity contribution in [2.24, 2.45) is 0 Å². The van der Waals surface area contributed by atoms with Crippen LogP contribution in [0.3, 0.4) is 0 Å². The fraction of sp³-hybridized carbons (Fsp3) is 0.300. The Morgan fingerprint density at radius 1 is 1.10 bits per heavy atom. The highest BCUT2D eigenvalue weighted by Crippen LogP contribution is 2.45. The van der Waals surface area contributed by atoms with Gasteiger partial charge in [0, 0.05) is 17.0 Å². The lowest BCUT2D eigenvalue weighted by Crippen LogP contribution is -2.31. The number of carbonyl (C=O) groups excluding carboxylic acids is 2. The van der Waals surface area contributed by atoms with Gasteiger partial charge in [0.25, 0.3) is 5.91 Å². The molecule has 1 N–H and O–H groups in total. The molecule has 5 rings (SSSR count). The predicted octanol–water partition coefficient (Wildman–Crippen LogP) is 6.65. The highest BCUT2D eigenvalue weighted by atomic mass is 32.1. The zero-order chi connectivity index (χ0) is 28.2. The van der Waals surface area contributed by atoms with E-state index in [-0.39, 0.29) is 11.3 Å². The first-order valence-corrected chi connectivity index (χ1v) is 14.0. The zero-order valence-electron chi connectivity index (χ0n) is 22.5. The number of benzene rings is 2. The maximum atomic E-state index is 13.9. The molecule has 1 aliphatic rings. The second-order valence-electron chi connectivity index (χ2n) is 9.17. The van der Waals surface area contributed by atoms with E-state index < -0.39 is 23.5 Å². The molecular formula is C30H30N2O7S. The normalized spacial score (nSPS) is 15.2. The van der Waals surface area contributed by atoms with Gasteiger partial charge < -0.3 is 23.7 Å². The first-order chi connectivity index (χ1) is 19.5. The van der Waals surface area contributed by atoms with E-state index in [1.165, 1.54) is 23.3 Å². The first kappa shape index (κ1) is 27.3. The number of hydrogen-bond acceptors (Lipinski definition) is 9. The smallest absolute Gasteiger partial charge is 0.296 e. The van der Waals surface area contributed by atoms with Crippen molar-refractivity contribution in [1.82, 2.24) is 4.98 Å². The molecule has 4 aromatic rings. The molecule has 0 saturated heterocycles. The summed E-state index contributed by atoms with van der Waals surface area (Å²) < 4.78 is 23.1. The van der Waals surface area contributed by atoms with Gasteiger partial charge in [0.2, 0.25) is 5.78 Å². The minimum atomic E-state index is -0.977. The van der Waals surface area contributed by atoms with Crippen LogP contribution in [0.1, 0.15) is 55.3 Å². The van der Waals surface area contributed by atoms with Gasteiger partial charge in [-0.3, -0.25) is 14.5 Å². The van der Waals surface area contributed by atoms with Crippen LogP contribution in [0.4, 0.5) is 5.13 Å². The number of unbranched alkanes of at least 4 members (excludes halogenated alkanes) is 2. The Morgan fingerprint density at radius 3 is 2.67 bits per heavy atom. The Morgan fingerprint density at radius 2 is 1.95 bits per heavy atom. The molecule has 0 fully saturated rings. The van der Waals surface area contributed by atoms with Gasteiger partial charge >= 0.3 is 0 Å². The number of aliphatic hydroxyl groups is 1. The molecular weight excluding hydrogens is 532 g/mol. The van der Waals surface area contributed by atoms with Gasteiger partial charge in [-0.25, -0.2) is 4.98 Å².